The first kappa shape index (κ1) is 10.1. The molecular weight excluding hydrogens is 212 g/mol. The first-order chi connectivity index (χ1) is 7.70. The third kappa shape index (κ3) is 1.83. The molecule has 0 spiro atoms. The van der Waals surface area contributed by atoms with E-state index in [0.717, 1.165) is 0 Å². The van der Waals surface area contributed by atoms with Crippen LogP contribution in [0.2, 0.25) is 0 Å². The minimum absolute atomic E-state index is 0.00705. The van der Waals surface area contributed by atoms with Crippen molar-refractivity contribution in [1.29, 1.82) is 0 Å². The molecular formula is C9H8N4O3. The smallest absolute Gasteiger partial charge is 0.353 e. The average Bonchev–Trinajstić information content (AvgIpc) is 2.78. The van der Waals surface area contributed by atoms with Gasteiger partial charge in [0.1, 0.15) is 17.1 Å². The number of aromatic amines is 1. The molecule has 0 amide bonds. The third-order valence-electron chi connectivity index (χ3n) is 1.91. The molecule has 16 heavy (non-hydrogen) atoms. The van der Waals surface area contributed by atoms with Crippen LogP contribution in [0.15, 0.2) is 18.5 Å². The van der Waals surface area contributed by atoms with Crippen LogP contribution in [0, 0.1) is 0 Å². The lowest BCUT2D eigenvalue weighted by atomic mass is 10.3. The largest absolute Gasteiger partial charge is 0.480 e. The van der Waals surface area contributed by atoms with Gasteiger partial charge >= 0.3 is 5.97 Å². The highest BCUT2D eigenvalue weighted by molar-refractivity contribution is 5.86. The van der Waals surface area contributed by atoms with Crippen LogP contribution >= 0.6 is 0 Å². The van der Waals surface area contributed by atoms with Gasteiger partial charge in [0.05, 0.1) is 19.5 Å². The lowest BCUT2D eigenvalue weighted by Crippen LogP contribution is -1.95. The first-order valence-electron chi connectivity index (χ1n) is 4.36. The van der Waals surface area contributed by atoms with Crippen LogP contribution in [0.3, 0.4) is 0 Å². The zero-order valence-corrected chi connectivity index (χ0v) is 8.34. The number of methoxy groups -OCH3 is 1. The summed E-state index contributed by atoms with van der Waals surface area (Å²) >= 11 is 0. The molecule has 0 atom stereocenters. The van der Waals surface area contributed by atoms with Crippen LogP contribution in [0.5, 0.6) is 5.88 Å². The molecule has 82 valence electrons. The lowest BCUT2D eigenvalue weighted by molar-refractivity contribution is 0.0690. The number of rotatable bonds is 3. The monoisotopic (exact) mass is 220 g/mol. The van der Waals surface area contributed by atoms with Crippen molar-refractivity contribution in [3.05, 3.63) is 24.2 Å². The van der Waals surface area contributed by atoms with E-state index in [1.165, 1.54) is 25.6 Å². The number of nitrogens with one attached hydrogen (secondary N) is 1. The maximum Gasteiger partial charge on any atom is 0.353 e. The van der Waals surface area contributed by atoms with Crippen molar-refractivity contribution in [3.8, 4) is 17.3 Å². The van der Waals surface area contributed by atoms with E-state index in [1.54, 1.807) is 0 Å². The Bertz CT molecular complexity index is 506. The van der Waals surface area contributed by atoms with Crippen molar-refractivity contribution in [2.24, 2.45) is 0 Å². The summed E-state index contributed by atoms with van der Waals surface area (Å²) in [6, 6.07) is 1.39. The number of nitrogens with zero attached hydrogens (tertiary/aromatic N) is 3. The second-order valence-corrected chi connectivity index (χ2v) is 2.92. The summed E-state index contributed by atoms with van der Waals surface area (Å²) in [6.07, 6.45) is 2.89. The molecule has 0 bridgehead atoms. The Kier molecular flexibility index (Phi) is 2.50. The summed E-state index contributed by atoms with van der Waals surface area (Å²) in [4.78, 5) is 18.6. The number of aromatic nitrogens is 4. The van der Waals surface area contributed by atoms with Crippen LogP contribution in [-0.2, 0) is 0 Å². The Labute approximate surface area is 90.1 Å². The molecule has 2 aromatic rings. The van der Waals surface area contributed by atoms with Crippen molar-refractivity contribution in [2.45, 2.75) is 0 Å². The second kappa shape index (κ2) is 3.97. The molecule has 0 fully saturated rings. The Morgan fingerprint density at radius 3 is 2.69 bits per heavy atom. The molecule has 0 aromatic carbocycles. The van der Waals surface area contributed by atoms with Crippen LogP contribution in [0.4, 0.5) is 0 Å². The highest BCUT2D eigenvalue weighted by atomic mass is 16.5. The predicted octanol–water partition coefficient (Wildman–Crippen LogP) is 0.573. The van der Waals surface area contributed by atoms with Crippen molar-refractivity contribution in [1.82, 2.24) is 20.2 Å². The van der Waals surface area contributed by atoms with Crippen molar-refractivity contribution in [2.75, 3.05) is 7.11 Å². The third-order valence-corrected chi connectivity index (χ3v) is 1.91. The topological polar surface area (TPSA) is 101 Å². The van der Waals surface area contributed by atoms with E-state index in [2.05, 4.69) is 20.2 Å². The molecule has 0 unspecified atom stereocenters. The fourth-order valence-electron chi connectivity index (χ4n) is 1.12. The van der Waals surface area contributed by atoms with E-state index >= 15 is 0 Å². The fraction of sp³-hybridized carbons (Fsp3) is 0.111. The fourth-order valence-corrected chi connectivity index (χ4v) is 1.12. The van der Waals surface area contributed by atoms with E-state index < -0.39 is 5.97 Å². The minimum Gasteiger partial charge on any atom is -0.480 e. The zero-order valence-electron chi connectivity index (χ0n) is 8.34. The van der Waals surface area contributed by atoms with Crippen molar-refractivity contribution in [3.63, 3.8) is 0 Å². The van der Waals surface area contributed by atoms with Gasteiger partial charge in [-0.2, -0.15) is 5.10 Å². The van der Waals surface area contributed by atoms with Gasteiger partial charge in [0.25, 0.3) is 0 Å². The Morgan fingerprint density at radius 2 is 2.19 bits per heavy atom. The number of carbonyl (C=O) groups is 1. The standard InChI is InChI=1S/C9H8N4O3/c1-16-8-4-10-7(3-11-8)5-2-6(9(14)15)13-12-5/h2-4H,1H3,(H,12,13)(H,14,15). The van der Waals surface area contributed by atoms with Gasteiger partial charge in [0.2, 0.25) is 5.88 Å². The highest BCUT2D eigenvalue weighted by Gasteiger charge is 2.10. The van der Waals surface area contributed by atoms with Crippen LogP contribution in [0.25, 0.3) is 11.4 Å². The van der Waals surface area contributed by atoms with Gasteiger partial charge in [-0.15, -0.1) is 0 Å². The average molecular weight is 220 g/mol. The molecule has 0 saturated heterocycles. The zero-order chi connectivity index (χ0) is 11.5. The summed E-state index contributed by atoms with van der Waals surface area (Å²) in [5, 5.41) is 14.9. The van der Waals surface area contributed by atoms with Gasteiger partial charge in [0.15, 0.2) is 0 Å². The summed E-state index contributed by atoms with van der Waals surface area (Å²) in [5.74, 6) is -0.682. The van der Waals surface area contributed by atoms with Crippen molar-refractivity contribution < 1.29 is 14.6 Å². The maximum atomic E-state index is 10.6. The summed E-state index contributed by atoms with van der Waals surface area (Å²) in [7, 11) is 1.49. The van der Waals surface area contributed by atoms with E-state index in [1.807, 2.05) is 0 Å². The van der Waals surface area contributed by atoms with Crippen molar-refractivity contribution >= 4 is 5.97 Å². The van der Waals surface area contributed by atoms with Crippen LogP contribution in [0.1, 0.15) is 10.5 Å². The molecule has 0 radical (unpaired) electrons. The lowest BCUT2D eigenvalue weighted by Gasteiger charge is -1.97. The Hall–Kier alpha value is -2.44. The van der Waals surface area contributed by atoms with E-state index in [0.29, 0.717) is 17.3 Å². The summed E-state index contributed by atoms with van der Waals surface area (Å²) < 4.78 is 4.85. The van der Waals surface area contributed by atoms with E-state index in [-0.39, 0.29) is 5.69 Å². The Balaban J connectivity index is 2.31. The SMILES string of the molecule is COc1cnc(-c2cc(C(=O)O)[nH]n2)cn1. The van der Waals surface area contributed by atoms with Crippen LogP contribution in [-0.4, -0.2) is 38.4 Å². The molecule has 2 N–H and O–H groups in total. The number of H-pyrrole nitrogens is 1. The quantitative estimate of drug-likeness (QED) is 0.784. The molecule has 2 heterocycles. The number of carboxylic acid groups (broad SMARTS) is 1. The summed E-state index contributed by atoms with van der Waals surface area (Å²) in [6.45, 7) is 0. The van der Waals surface area contributed by atoms with Gasteiger partial charge in [-0.25, -0.2) is 14.8 Å². The van der Waals surface area contributed by atoms with Gasteiger partial charge in [-0.1, -0.05) is 0 Å². The van der Waals surface area contributed by atoms with Gasteiger partial charge < -0.3 is 9.84 Å². The molecule has 7 nitrogen and oxygen atoms in total. The molecule has 0 saturated carbocycles. The second-order valence-electron chi connectivity index (χ2n) is 2.92. The van der Waals surface area contributed by atoms with Gasteiger partial charge in [-0.05, 0) is 0 Å². The summed E-state index contributed by atoms with van der Waals surface area (Å²) in [5.41, 5.74) is 0.907. The first-order valence-corrected chi connectivity index (χ1v) is 4.36. The van der Waals surface area contributed by atoms with E-state index in [4.69, 9.17) is 9.84 Å². The normalized spacial score (nSPS) is 10.1. The minimum atomic E-state index is -1.07. The molecule has 2 aromatic heterocycles. The molecule has 0 aliphatic rings. The number of ether oxygens (including phenoxy) is 1. The molecule has 0 aliphatic carbocycles. The molecule has 0 aliphatic heterocycles. The number of hydrogen-bond donors (Lipinski definition) is 2. The number of hydrogen-bond acceptors (Lipinski definition) is 5. The molecule has 7 heteroatoms. The van der Waals surface area contributed by atoms with Crippen LogP contribution < -0.4 is 4.74 Å². The van der Waals surface area contributed by atoms with E-state index in [9.17, 15) is 4.79 Å². The highest BCUT2D eigenvalue weighted by Crippen LogP contribution is 2.15. The number of carboxylic acids is 1. The Morgan fingerprint density at radius 1 is 1.38 bits per heavy atom. The van der Waals surface area contributed by atoms with Gasteiger partial charge in [-0.3, -0.25) is 5.10 Å². The maximum absolute atomic E-state index is 10.6. The number of aromatic carboxylic acids is 1. The predicted molar refractivity (Wildman–Crippen MR) is 53.1 cm³/mol. The molecule has 2 rings (SSSR count). The van der Waals surface area contributed by atoms with Gasteiger partial charge in [0, 0.05) is 6.07 Å².